The maximum atomic E-state index is 12.5. The topological polar surface area (TPSA) is 71.4 Å². The van der Waals surface area contributed by atoms with Gasteiger partial charge in [-0.25, -0.2) is 8.42 Å². The molecule has 0 amide bonds. The Hall–Kier alpha value is -2.14. The molecule has 4 nitrogen and oxygen atoms in total. The second kappa shape index (κ2) is 7.42. The van der Waals surface area contributed by atoms with E-state index in [1.165, 1.54) is 0 Å². The first kappa shape index (κ1) is 17.2. The summed E-state index contributed by atoms with van der Waals surface area (Å²) in [4.78, 5) is 11.2. The number of aryl methyl sites for hydroxylation is 1. The van der Waals surface area contributed by atoms with Gasteiger partial charge >= 0.3 is 5.97 Å². The summed E-state index contributed by atoms with van der Waals surface area (Å²) in [5.74, 6) is -0.693. The van der Waals surface area contributed by atoms with Crippen molar-refractivity contribution in [3.8, 4) is 0 Å². The van der Waals surface area contributed by atoms with Crippen molar-refractivity contribution in [3.05, 3.63) is 60.2 Å². The summed E-state index contributed by atoms with van der Waals surface area (Å²) >= 11 is 0. The highest BCUT2D eigenvalue weighted by atomic mass is 32.2. The molecular formula is C18H20O4S. The summed E-state index contributed by atoms with van der Waals surface area (Å²) in [6.07, 6.45) is 1.65. The smallest absolute Gasteiger partial charge is 0.303 e. The van der Waals surface area contributed by atoms with Crippen LogP contribution in [0.25, 0.3) is 0 Å². The van der Waals surface area contributed by atoms with Crippen molar-refractivity contribution in [1.29, 1.82) is 0 Å². The SMILES string of the molecule is C[C@H](CCc1ccc(S(=O)(=O)c2ccccc2)cc1)CC(=O)O. The lowest BCUT2D eigenvalue weighted by Crippen LogP contribution is -2.05. The minimum atomic E-state index is -3.48. The van der Waals surface area contributed by atoms with E-state index in [4.69, 9.17) is 5.11 Å². The number of sulfone groups is 1. The maximum absolute atomic E-state index is 12.5. The molecule has 0 unspecified atom stereocenters. The molecule has 0 saturated heterocycles. The van der Waals surface area contributed by atoms with Gasteiger partial charge in [0.2, 0.25) is 9.84 Å². The van der Waals surface area contributed by atoms with Crippen LogP contribution in [-0.4, -0.2) is 19.5 Å². The molecule has 0 radical (unpaired) electrons. The Morgan fingerprint density at radius 3 is 2.13 bits per heavy atom. The van der Waals surface area contributed by atoms with E-state index in [1.807, 2.05) is 6.92 Å². The lowest BCUT2D eigenvalue weighted by Gasteiger charge is -2.09. The van der Waals surface area contributed by atoms with Crippen molar-refractivity contribution < 1.29 is 18.3 Å². The van der Waals surface area contributed by atoms with Crippen LogP contribution in [0.4, 0.5) is 0 Å². The van der Waals surface area contributed by atoms with Crippen LogP contribution in [0.5, 0.6) is 0 Å². The van der Waals surface area contributed by atoms with Crippen LogP contribution in [0.1, 0.15) is 25.3 Å². The number of hydrogen-bond acceptors (Lipinski definition) is 3. The van der Waals surface area contributed by atoms with Crippen molar-refractivity contribution in [2.75, 3.05) is 0 Å². The summed E-state index contributed by atoms with van der Waals surface area (Å²) < 4.78 is 24.9. The van der Waals surface area contributed by atoms with Gasteiger partial charge < -0.3 is 5.11 Å². The molecule has 0 saturated carbocycles. The zero-order valence-corrected chi connectivity index (χ0v) is 13.8. The van der Waals surface area contributed by atoms with Gasteiger partial charge in [0.1, 0.15) is 0 Å². The lowest BCUT2D eigenvalue weighted by molar-refractivity contribution is -0.138. The third-order valence-corrected chi connectivity index (χ3v) is 5.52. The first-order valence-electron chi connectivity index (χ1n) is 7.50. The Morgan fingerprint density at radius 1 is 1.00 bits per heavy atom. The number of rotatable bonds is 7. The molecule has 0 aliphatic carbocycles. The minimum absolute atomic E-state index is 0.0974. The van der Waals surface area contributed by atoms with E-state index in [9.17, 15) is 13.2 Å². The van der Waals surface area contributed by atoms with Gasteiger partial charge in [0.05, 0.1) is 9.79 Å². The Labute approximate surface area is 136 Å². The first-order valence-corrected chi connectivity index (χ1v) is 8.99. The average molecular weight is 332 g/mol. The van der Waals surface area contributed by atoms with E-state index in [1.54, 1.807) is 54.6 Å². The zero-order chi connectivity index (χ0) is 16.9. The van der Waals surface area contributed by atoms with Gasteiger partial charge in [0, 0.05) is 6.42 Å². The molecular weight excluding hydrogens is 312 g/mol. The summed E-state index contributed by atoms with van der Waals surface area (Å²) in [5.41, 5.74) is 1.01. The largest absolute Gasteiger partial charge is 0.481 e. The monoisotopic (exact) mass is 332 g/mol. The van der Waals surface area contributed by atoms with Gasteiger partial charge in [-0.3, -0.25) is 4.79 Å². The zero-order valence-electron chi connectivity index (χ0n) is 13.0. The number of carboxylic acids is 1. The summed E-state index contributed by atoms with van der Waals surface area (Å²) in [6.45, 7) is 1.91. The number of carboxylic acid groups (broad SMARTS) is 1. The van der Waals surface area contributed by atoms with E-state index in [2.05, 4.69) is 0 Å². The Kier molecular flexibility index (Phi) is 5.55. The lowest BCUT2D eigenvalue weighted by atomic mass is 9.98. The van der Waals surface area contributed by atoms with Crippen molar-refractivity contribution in [2.24, 2.45) is 5.92 Å². The molecule has 0 heterocycles. The highest BCUT2D eigenvalue weighted by Crippen LogP contribution is 2.21. The molecule has 122 valence electrons. The number of carbonyl (C=O) groups is 1. The van der Waals surface area contributed by atoms with E-state index >= 15 is 0 Å². The standard InChI is InChI=1S/C18H20O4S/c1-14(13-18(19)20)7-8-15-9-11-17(12-10-15)23(21,22)16-5-3-2-4-6-16/h2-6,9-12,14H,7-8,13H2,1H3,(H,19,20)/t14-/m1/s1. The predicted octanol–water partition coefficient (Wildman–Crippen LogP) is 3.56. The fraction of sp³-hybridized carbons (Fsp3) is 0.278. The normalized spacial score (nSPS) is 12.7. The fourth-order valence-electron chi connectivity index (χ4n) is 2.38. The van der Waals surface area contributed by atoms with E-state index in [0.717, 1.165) is 18.4 Å². The molecule has 0 fully saturated rings. The quantitative estimate of drug-likeness (QED) is 0.841. The average Bonchev–Trinajstić information content (AvgIpc) is 2.53. The van der Waals surface area contributed by atoms with Crippen LogP contribution < -0.4 is 0 Å². The van der Waals surface area contributed by atoms with Crippen LogP contribution in [0, 0.1) is 5.92 Å². The molecule has 2 rings (SSSR count). The molecule has 0 aliphatic heterocycles. The van der Waals surface area contributed by atoms with E-state index < -0.39 is 15.8 Å². The number of benzene rings is 2. The van der Waals surface area contributed by atoms with Gasteiger partial charge in [-0.2, -0.15) is 0 Å². The van der Waals surface area contributed by atoms with Crippen LogP contribution in [0.2, 0.25) is 0 Å². The van der Waals surface area contributed by atoms with Crippen LogP contribution in [0.15, 0.2) is 64.4 Å². The number of hydrogen-bond donors (Lipinski definition) is 1. The molecule has 0 aromatic heterocycles. The van der Waals surface area contributed by atoms with E-state index in [-0.39, 0.29) is 22.1 Å². The second-order valence-electron chi connectivity index (χ2n) is 5.70. The molecule has 2 aromatic rings. The fourth-order valence-corrected chi connectivity index (χ4v) is 3.67. The predicted molar refractivity (Wildman–Crippen MR) is 88.1 cm³/mol. The molecule has 2 aromatic carbocycles. The second-order valence-corrected chi connectivity index (χ2v) is 7.65. The van der Waals surface area contributed by atoms with Gasteiger partial charge in [0.25, 0.3) is 0 Å². The molecule has 1 N–H and O–H groups in total. The summed E-state index contributed by atoms with van der Waals surface area (Å²) in [5, 5.41) is 8.75. The maximum Gasteiger partial charge on any atom is 0.303 e. The van der Waals surface area contributed by atoms with Gasteiger partial charge in [-0.05, 0) is 48.6 Å². The van der Waals surface area contributed by atoms with Crippen molar-refractivity contribution in [3.63, 3.8) is 0 Å². The van der Waals surface area contributed by atoms with Crippen LogP contribution in [0.3, 0.4) is 0 Å². The summed E-state index contributed by atoms with van der Waals surface area (Å²) in [6, 6.07) is 15.1. The van der Waals surface area contributed by atoms with E-state index in [0.29, 0.717) is 0 Å². The third kappa shape index (κ3) is 4.66. The van der Waals surface area contributed by atoms with Crippen molar-refractivity contribution in [1.82, 2.24) is 0 Å². The molecule has 5 heteroatoms. The summed E-state index contributed by atoms with van der Waals surface area (Å²) in [7, 11) is -3.48. The Balaban J connectivity index is 2.06. The van der Waals surface area contributed by atoms with Gasteiger partial charge in [0.15, 0.2) is 0 Å². The Bertz CT molecular complexity index is 749. The van der Waals surface area contributed by atoms with Crippen LogP contribution in [-0.2, 0) is 21.1 Å². The molecule has 0 bridgehead atoms. The number of aliphatic carboxylic acids is 1. The van der Waals surface area contributed by atoms with Crippen LogP contribution >= 0.6 is 0 Å². The first-order chi connectivity index (χ1) is 10.9. The Morgan fingerprint density at radius 2 is 1.57 bits per heavy atom. The highest BCUT2D eigenvalue weighted by molar-refractivity contribution is 7.91. The minimum Gasteiger partial charge on any atom is -0.481 e. The van der Waals surface area contributed by atoms with Gasteiger partial charge in [-0.1, -0.05) is 37.3 Å². The van der Waals surface area contributed by atoms with Crippen molar-refractivity contribution >= 4 is 15.8 Å². The molecule has 0 spiro atoms. The molecule has 1 atom stereocenters. The van der Waals surface area contributed by atoms with Gasteiger partial charge in [-0.15, -0.1) is 0 Å². The van der Waals surface area contributed by atoms with Crippen molar-refractivity contribution in [2.45, 2.75) is 36.0 Å². The molecule has 0 aliphatic rings. The molecule has 23 heavy (non-hydrogen) atoms. The third-order valence-electron chi connectivity index (χ3n) is 3.74. The highest BCUT2D eigenvalue weighted by Gasteiger charge is 2.16.